The second-order valence-corrected chi connectivity index (χ2v) is 6.71. The van der Waals surface area contributed by atoms with Gasteiger partial charge in [-0.1, -0.05) is 11.8 Å². The van der Waals surface area contributed by atoms with Crippen molar-refractivity contribution in [3.05, 3.63) is 30.4 Å². The second-order valence-electron chi connectivity index (χ2n) is 5.94. The number of halogens is 1. The summed E-state index contributed by atoms with van der Waals surface area (Å²) >= 11 is 1.47. The summed E-state index contributed by atoms with van der Waals surface area (Å²) in [6, 6.07) is 3.70. The van der Waals surface area contributed by atoms with Crippen LogP contribution in [0, 0.1) is 6.92 Å². The van der Waals surface area contributed by atoms with E-state index in [1.54, 1.807) is 18.6 Å². The molecule has 0 atom stereocenters. The Labute approximate surface area is 145 Å². The number of aromatic nitrogens is 4. The summed E-state index contributed by atoms with van der Waals surface area (Å²) in [6.45, 7) is 3.49. The standard InChI is InChI=1S/C16H21FN6S/c1-12-9-14(21-11-20-12)23-7-4-16(17,5-8-23)10-19-13-3-6-18-15(22-13)24-2/h3,6,9,11H,4-5,7-8,10H2,1-2H3,(H,18,19,22). The van der Waals surface area contributed by atoms with Crippen LogP contribution in [0.2, 0.25) is 0 Å². The predicted molar refractivity (Wildman–Crippen MR) is 94.4 cm³/mol. The molecule has 3 rings (SSSR count). The van der Waals surface area contributed by atoms with Gasteiger partial charge in [-0.05, 0) is 19.2 Å². The average Bonchev–Trinajstić information content (AvgIpc) is 2.61. The second kappa shape index (κ2) is 7.29. The summed E-state index contributed by atoms with van der Waals surface area (Å²) < 4.78 is 15.0. The molecule has 8 heteroatoms. The molecule has 0 saturated carbocycles. The van der Waals surface area contributed by atoms with E-state index >= 15 is 4.39 Å². The van der Waals surface area contributed by atoms with Crippen LogP contribution in [0.4, 0.5) is 16.0 Å². The number of nitrogens with zero attached hydrogens (tertiary/aromatic N) is 5. The fraction of sp³-hybridized carbons (Fsp3) is 0.500. The highest BCUT2D eigenvalue weighted by Gasteiger charge is 2.35. The fourth-order valence-corrected chi connectivity index (χ4v) is 3.07. The lowest BCUT2D eigenvalue weighted by atomic mass is 9.93. The van der Waals surface area contributed by atoms with E-state index in [0.717, 1.165) is 11.5 Å². The SMILES string of the molecule is CSc1nccc(NCC2(F)CCN(c3cc(C)ncn3)CC2)n1. The zero-order valence-electron chi connectivity index (χ0n) is 13.9. The molecule has 24 heavy (non-hydrogen) atoms. The van der Waals surface area contributed by atoms with Gasteiger partial charge in [0.05, 0.1) is 6.54 Å². The Morgan fingerprint density at radius 2 is 2.08 bits per heavy atom. The minimum absolute atomic E-state index is 0.258. The summed E-state index contributed by atoms with van der Waals surface area (Å²) in [4.78, 5) is 18.9. The van der Waals surface area contributed by atoms with Crippen LogP contribution in [0.25, 0.3) is 0 Å². The van der Waals surface area contributed by atoms with Gasteiger partial charge in [0.25, 0.3) is 0 Å². The molecule has 1 N–H and O–H groups in total. The van der Waals surface area contributed by atoms with E-state index in [2.05, 4.69) is 30.2 Å². The normalized spacial score (nSPS) is 16.9. The van der Waals surface area contributed by atoms with Gasteiger partial charge in [-0.15, -0.1) is 0 Å². The Morgan fingerprint density at radius 3 is 2.79 bits per heavy atom. The number of alkyl halides is 1. The smallest absolute Gasteiger partial charge is 0.189 e. The van der Waals surface area contributed by atoms with Gasteiger partial charge in [0.15, 0.2) is 5.16 Å². The first-order chi connectivity index (χ1) is 11.6. The van der Waals surface area contributed by atoms with Gasteiger partial charge in [0.2, 0.25) is 0 Å². The minimum Gasteiger partial charge on any atom is -0.367 e. The van der Waals surface area contributed by atoms with E-state index in [1.807, 2.05) is 19.2 Å². The van der Waals surface area contributed by atoms with Crippen molar-refractivity contribution in [1.82, 2.24) is 19.9 Å². The maximum atomic E-state index is 15.0. The quantitative estimate of drug-likeness (QED) is 0.658. The van der Waals surface area contributed by atoms with Crippen LogP contribution in [0.3, 0.4) is 0 Å². The molecule has 0 amide bonds. The molecule has 1 aliphatic rings. The number of thioether (sulfide) groups is 1. The number of rotatable bonds is 5. The lowest BCUT2D eigenvalue weighted by molar-refractivity contribution is 0.140. The highest BCUT2D eigenvalue weighted by molar-refractivity contribution is 7.98. The highest BCUT2D eigenvalue weighted by atomic mass is 32.2. The Morgan fingerprint density at radius 1 is 1.29 bits per heavy atom. The average molecular weight is 348 g/mol. The van der Waals surface area contributed by atoms with Crippen molar-refractivity contribution in [1.29, 1.82) is 0 Å². The van der Waals surface area contributed by atoms with Crippen LogP contribution in [0.15, 0.2) is 29.8 Å². The molecule has 0 unspecified atom stereocenters. The van der Waals surface area contributed by atoms with E-state index in [0.29, 0.717) is 36.9 Å². The van der Waals surface area contributed by atoms with E-state index < -0.39 is 5.67 Å². The number of piperidine rings is 1. The molecule has 2 aromatic rings. The molecular weight excluding hydrogens is 327 g/mol. The lowest BCUT2D eigenvalue weighted by Gasteiger charge is -2.37. The van der Waals surface area contributed by atoms with Crippen LogP contribution in [-0.2, 0) is 0 Å². The van der Waals surface area contributed by atoms with Crippen LogP contribution in [-0.4, -0.2) is 51.5 Å². The molecular formula is C16H21FN6S. The van der Waals surface area contributed by atoms with Crippen molar-refractivity contribution in [2.45, 2.75) is 30.6 Å². The van der Waals surface area contributed by atoms with Gasteiger partial charge < -0.3 is 10.2 Å². The summed E-state index contributed by atoms with van der Waals surface area (Å²) in [5.74, 6) is 1.54. The van der Waals surface area contributed by atoms with Gasteiger partial charge in [0.1, 0.15) is 23.6 Å². The Bertz CT molecular complexity index is 690. The summed E-state index contributed by atoms with van der Waals surface area (Å²) in [5, 5.41) is 3.79. The first-order valence-corrected chi connectivity index (χ1v) is 9.14. The first kappa shape index (κ1) is 16.9. The number of hydrogen-bond acceptors (Lipinski definition) is 7. The third kappa shape index (κ3) is 4.11. The van der Waals surface area contributed by atoms with Gasteiger partial charge in [0, 0.05) is 43.9 Å². The summed E-state index contributed by atoms with van der Waals surface area (Å²) in [6.07, 6.45) is 6.08. The van der Waals surface area contributed by atoms with Crippen molar-refractivity contribution >= 4 is 23.4 Å². The third-order valence-electron chi connectivity index (χ3n) is 4.18. The van der Waals surface area contributed by atoms with Crippen molar-refractivity contribution in [3.8, 4) is 0 Å². The Balaban J connectivity index is 1.56. The van der Waals surface area contributed by atoms with Crippen molar-refractivity contribution in [2.24, 2.45) is 0 Å². The molecule has 0 bridgehead atoms. The van der Waals surface area contributed by atoms with Crippen LogP contribution in [0.5, 0.6) is 0 Å². The molecule has 0 spiro atoms. The van der Waals surface area contributed by atoms with Crippen LogP contribution in [0.1, 0.15) is 18.5 Å². The molecule has 6 nitrogen and oxygen atoms in total. The maximum Gasteiger partial charge on any atom is 0.189 e. The number of anilines is 2. The highest BCUT2D eigenvalue weighted by Crippen LogP contribution is 2.29. The first-order valence-electron chi connectivity index (χ1n) is 7.91. The molecule has 2 aromatic heterocycles. The Hall–Kier alpha value is -1.96. The van der Waals surface area contributed by atoms with Crippen LogP contribution < -0.4 is 10.2 Å². The number of hydrogen-bond donors (Lipinski definition) is 1. The van der Waals surface area contributed by atoms with Gasteiger partial charge in [-0.2, -0.15) is 0 Å². The zero-order valence-corrected chi connectivity index (χ0v) is 14.7. The van der Waals surface area contributed by atoms with Crippen molar-refractivity contribution in [2.75, 3.05) is 36.1 Å². The summed E-state index contributed by atoms with van der Waals surface area (Å²) in [5.41, 5.74) is -0.310. The molecule has 1 saturated heterocycles. The fourth-order valence-electron chi connectivity index (χ4n) is 2.71. The third-order valence-corrected chi connectivity index (χ3v) is 4.74. The van der Waals surface area contributed by atoms with E-state index in [9.17, 15) is 0 Å². The molecule has 1 fully saturated rings. The van der Waals surface area contributed by atoms with E-state index in [-0.39, 0.29) is 6.54 Å². The largest absolute Gasteiger partial charge is 0.367 e. The minimum atomic E-state index is -1.23. The number of aryl methyl sites for hydroxylation is 1. The number of nitrogens with one attached hydrogen (secondary N) is 1. The van der Waals surface area contributed by atoms with Crippen LogP contribution >= 0.6 is 11.8 Å². The molecule has 0 radical (unpaired) electrons. The Kier molecular flexibility index (Phi) is 5.13. The monoisotopic (exact) mass is 348 g/mol. The van der Waals surface area contributed by atoms with Gasteiger partial charge in [-0.25, -0.2) is 24.3 Å². The van der Waals surface area contributed by atoms with Crippen molar-refractivity contribution in [3.63, 3.8) is 0 Å². The lowest BCUT2D eigenvalue weighted by Crippen LogP contribution is -2.45. The molecule has 1 aliphatic heterocycles. The molecule has 0 aromatic carbocycles. The zero-order chi connectivity index (χ0) is 17.0. The molecule has 128 valence electrons. The van der Waals surface area contributed by atoms with Gasteiger partial charge in [-0.3, -0.25) is 0 Å². The van der Waals surface area contributed by atoms with E-state index in [1.165, 1.54) is 11.8 Å². The summed E-state index contributed by atoms with van der Waals surface area (Å²) in [7, 11) is 0. The molecule has 3 heterocycles. The topological polar surface area (TPSA) is 66.8 Å². The van der Waals surface area contributed by atoms with Crippen molar-refractivity contribution < 1.29 is 4.39 Å². The maximum absolute atomic E-state index is 15.0. The van der Waals surface area contributed by atoms with Gasteiger partial charge >= 0.3 is 0 Å². The predicted octanol–water partition coefficient (Wildman–Crippen LogP) is 2.72. The van der Waals surface area contributed by atoms with E-state index in [4.69, 9.17) is 0 Å². The molecule has 0 aliphatic carbocycles.